The van der Waals surface area contributed by atoms with Gasteiger partial charge in [-0.05, 0) is 94.0 Å². The standard InChI is InChI=1S/C60H40N2O/c1-2-14-41(15-3-1)42-28-30-43(31-29-42)46-16-12-17-49(40-46)61(48-38-34-45(35-39-48)51-22-13-23-55-54-21-7-11-27-59(54)63-60(51)55)47-36-32-44(33-37-47)50-18-4-8-24-56(50)62-57-25-9-5-19-52(57)53-20-6-10-26-58(53)62/h1-40H. The van der Waals surface area contributed by atoms with Crippen molar-refractivity contribution in [2.75, 3.05) is 4.90 Å². The number of rotatable bonds is 8. The molecule has 0 unspecified atom stereocenters. The molecule has 0 N–H and O–H groups in total. The molecule has 0 radical (unpaired) electrons. The molecule has 0 aliphatic carbocycles. The fraction of sp³-hybridized carbons (Fsp3) is 0. The predicted octanol–water partition coefficient (Wildman–Crippen LogP) is 16.8. The molecule has 10 aromatic carbocycles. The Balaban J connectivity index is 0.955. The average Bonchev–Trinajstić information content (AvgIpc) is 3.91. The Hall–Kier alpha value is -8.40. The quantitative estimate of drug-likeness (QED) is 0.153. The minimum Gasteiger partial charge on any atom is -0.455 e. The summed E-state index contributed by atoms with van der Waals surface area (Å²) in [5.74, 6) is 0. The Morgan fingerprint density at radius 1 is 0.302 bits per heavy atom. The van der Waals surface area contributed by atoms with E-state index in [1.54, 1.807) is 0 Å². The minimum atomic E-state index is 0.901. The summed E-state index contributed by atoms with van der Waals surface area (Å²) >= 11 is 0. The first-order chi connectivity index (χ1) is 31.2. The highest BCUT2D eigenvalue weighted by atomic mass is 16.3. The maximum absolute atomic E-state index is 6.45. The van der Waals surface area contributed by atoms with E-state index in [1.165, 1.54) is 44.1 Å². The molecule has 0 fully saturated rings. The Morgan fingerprint density at radius 2 is 0.778 bits per heavy atom. The molecule has 12 aromatic rings. The summed E-state index contributed by atoms with van der Waals surface area (Å²) in [6.45, 7) is 0. The SMILES string of the molecule is c1ccc(-c2ccc(-c3cccc(N(c4ccc(-c5ccccc5-n5c6ccccc6c6ccccc65)cc4)c4ccc(-c5cccc6c5oc5ccccc56)cc4)c3)cc2)cc1. The normalized spacial score (nSPS) is 11.5. The van der Waals surface area contributed by atoms with E-state index in [1.807, 2.05) is 12.1 Å². The number of para-hydroxylation sites is 5. The topological polar surface area (TPSA) is 21.3 Å². The van der Waals surface area contributed by atoms with Crippen molar-refractivity contribution >= 4 is 60.8 Å². The van der Waals surface area contributed by atoms with Gasteiger partial charge in [0.2, 0.25) is 0 Å². The monoisotopic (exact) mass is 804 g/mol. The van der Waals surface area contributed by atoms with Gasteiger partial charge in [0.15, 0.2) is 0 Å². The zero-order chi connectivity index (χ0) is 41.7. The van der Waals surface area contributed by atoms with Gasteiger partial charge in [0.25, 0.3) is 0 Å². The van der Waals surface area contributed by atoms with Gasteiger partial charge in [0.1, 0.15) is 11.2 Å². The van der Waals surface area contributed by atoms with Crippen LogP contribution >= 0.6 is 0 Å². The van der Waals surface area contributed by atoms with Crippen LogP contribution < -0.4 is 4.90 Å². The average molecular weight is 805 g/mol. The highest BCUT2D eigenvalue weighted by Crippen LogP contribution is 2.42. The first-order valence-corrected chi connectivity index (χ1v) is 21.5. The largest absolute Gasteiger partial charge is 0.455 e. The van der Waals surface area contributed by atoms with Crippen LogP contribution in [0.25, 0.3) is 93.9 Å². The van der Waals surface area contributed by atoms with Crippen LogP contribution in [-0.4, -0.2) is 4.57 Å². The molecule has 0 saturated carbocycles. The van der Waals surface area contributed by atoms with Gasteiger partial charge in [-0.15, -0.1) is 0 Å². The molecule has 0 saturated heterocycles. The maximum atomic E-state index is 6.45. The number of hydrogen-bond acceptors (Lipinski definition) is 2. The van der Waals surface area contributed by atoms with Crippen LogP contribution in [-0.2, 0) is 0 Å². The Kier molecular flexibility index (Phi) is 8.83. The molecule has 0 amide bonds. The smallest absolute Gasteiger partial charge is 0.143 e. The van der Waals surface area contributed by atoms with Gasteiger partial charge in [0.05, 0.1) is 16.7 Å². The lowest BCUT2D eigenvalue weighted by Crippen LogP contribution is -2.10. The number of aromatic nitrogens is 1. The highest BCUT2D eigenvalue weighted by molar-refractivity contribution is 6.10. The highest BCUT2D eigenvalue weighted by Gasteiger charge is 2.19. The van der Waals surface area contributed by atoms with Crippen LogP contribution in [0.4, 0.5) is 17.1 Å². The van der Waals surface area contributed by atoms with E-state index in [0.29, 0.717) is 0 Å². The van der Waals surface area contributed by atoms with Gasteiger partial charge in [-0.3, -0.25) is 0 Å². The van der Waals surface area contributed by atoms with Crippen molar-refractivity contribution in [2.45, 2.75) is 0 Å². The molecule has 12 rings (SSSR count). The lowest BCUT2D eigenvalue weighted by Gasteiger charge is -2.26. The van der Waals surface area contributed by atoms with Gasteiger partial charge < -0.3 is 13.9 Å². The lowest BCUT2D eigenvalue weighted by atomic mass is 9.99. The van der Waals surface area contributed by atoms with Gasteiger partial charge >= 0.3 is 0 Å². The number of fused-ring (bicyclic) bond motifs is 6. The van der Waals surface area contributed by atoms with Crippen molar-refractivity contribution in [1.82, 2.24) is 4.57 Å². The fourth-order valence-electron chi connectivity index (χ4n) is 9.41. The molecule has 2 heterocycles. The Bertz CT molecular complexity index is 3550. The van der Waals surface area contributed by atoms with Crippen molar-refractivity contribution < 1.29 is 4.42 Å². The molecule has 3 heteroatoms. The molecule has 63 heavy (non-hydrogen) atoms. The van der Waals surface area contributed by atoms with Gasteiger partial charge in [0, 0.05) is 49.7 Å². The third-order valence-corrected chi connectivity index (χ3v) is 12.4. The fourth-order valence-corrected chi connectivity index (χ4v) is 9.41. The third kappa shape index (κ3) is 6.38. The summed E-state index contributed by atoms with van der Waals surface area (Å²) in [6, 6.07) is 87.0. The Morgan fingerprint density at radius 3 is 1.48 bits per heavy atom. The lowest BCUT2D eigenvalue weighted by molar-refractivity contribution is 0.670. The van der Waals surface area contributed by atoms with Crippen LogP contribution in [0.3, 0.4) is 0 Å². The van der Waals surface area contributed by atoms with E-state index in [9.17, 15) is 0 Å². The number of nitrogens with zero attached hydrogens (tertiary/aromatic N) is 2. The maximum Gasteiger partial charge on any atom is 0.143 e. The molecule has 296 valence electrons. The molecule has 0 aliphatic heterocycles. The molecule has 0 atom stereocenters. The second-order valence-corrected chi connectivity index (χ2v) is 16.1. The van der Waals surface area contributed by atoms with Crippen LogP contribution in [0.15, 0.2) is 247 Å². The zero-order valence-corrected chi connectivity index (χ0v) is 34.4. The number of furan rings is 1. The van der Waals surface area contributed by atoms with Crippen molar-refractivity contribution in [2.24, 2.45) is 0 Å². The molecular formula is C60H40N2O. The number of anilines is 3. The first kappa shape index (κ1) is 36.5. The first-order valence-electron chi connectivity index (χ1n) is 21.5. The van der Waals surface area contributed by atoms with Gasteiger partial charge in [-0.25, -0.2) is 0 Å². The van der Waals surface area contributed by atoms with E-state index >= 15 is 0 Å². The summed E-state index contributed by atoms with van der Waals surface area (Å²) in [7, 11) is 0. The third-order valence-electron chi connectivity index (χ3n) is 12.4. The summed E-state index contributed by atoms with van der Waals surface area (Å²) in [6.07, 6.45) is 0. The van der Waals surface area contributed by atoms with Crippen LogP contribution in [0.5, 0.6) is 0 Å². The van der Waals surface area contributed by atoms with Crippen LogP contribution in [0.2, 0.25) is 0 Å². The molecule has 3 nitrogen and oxygen atoms in total. The van der Waals surface area contributed by atoms with Crippen molar-refractivity contribution in [3.8, 4) is 50.2 Å². The van der Waals surface area contributed by atoms with Crippen LogP contribution in [0, 0.1) is 0 Å². The molecule has 0 aliphatic rings. The summed E-state index contributed by atoms with van der Waals surface area (Å²) in [5, 5.41) is 4.77. The summed E-state index contributed by atoms with van der Waals surface area (Å²) < 4.78 is 8.86. The second-order valence-electron chi connectivity index (χ2n) is 16.1. The molecular weight excluding hydrogens is 765 g/mol. The molecule has 0 bridgehead atoms. The van der Waals surface area contributed by atoms with Crippen molar-refractivity contribution in [3.63, 3.8) is 0 Å². The summed E-state index contributed by atoms with van der Waals surface area (Å²) in [4.78, 5) is 2.36. The number of hydrogen-bond donors (Lipinski definition) is 0. The van der Waals surface area contributed by atoms with E-state index in [0.717, 1.165) is 66.9 Å². The van der Waals surface area contributed by atoms with Crippen molar-refractivity contribution in [3.05, 3.63) is 243 Å². The summed E-state index contributed by atoms with van der Waals surface area (Å²) in [5.41, 5.74) is 17.8. The second kappa shape index (κ2) is 15.3. The van der Waals surface area contributed by atoms with Crippen molar-refractivity contribution in [1.29, 1.82) is 0 Å². The van der Waals surface area contributed by atoms with E-state index in [-0.39, 0.29) is 0 Å². The van der Waals surface area contributed by atoms with Crippen LogP contribution in [0.1, 0.15) is 0 Å². The predicted molar refractivity (Wildman–Crippen MR) is 264 cm³/mol. The van der Waals surface area contributed by atoms with E-state index < -0.39 is 0 Å². The number of benzene rings is 10. The Labute approximate surface area is 366 Å². The van der Waals surface area contributed by atoms with Gasteiger partial charge in [-0.1, -0.05) is 182 Å². The van der Waals surface area contributed by atoms with E-state index in [4.69, 9.17) is 4.42 Å². The molecule has 0 spiro atoms. The van der Waals surface area contributed by atoms with Gasteiger partial charge in [-0.2, -0.15) is 0 Å². The van der Waals surface area contributed by atoms with E-state index in [2.05, 4.69) is 240 Å². The minimum absolute atomic E-state index is 0.901. The molecule has 2 aromatic heterocycles. The zero-order valence-electron chi connectivity index (χ0n) is 34.4.